The van der Waals surface area contributed by atoms with Crippen molar-refractivity contribution in [1.29, 1.82) is 0 Å². The first kappa shape index (κ1) is 12.7. The predicted octanol–water partition coefficient (Wildman–Crippen LogP) is 3.61. The van der Waals surface area contributed by atoms with Gasteiger partial charge >= 0.3 is 0 Å². The number of anilines is 1. The molecule has 0 saturated carbocycles. The van der Waals surface area contributed by atoms with E-state index in [4.69, 9.17) is 5.11 Å². The number of hydrogen-bond donors (Lipinski definition) is 3. The molecular weight excluding hydrogens is 301 g/mol. The highest BCUT2D eigenvalue weighted by Crippen LogP contribution is 2.26. The first-order valence-electron chi connectivity index (χ1n) is 5.26. The van der Waals surface area contributed by atoms with Gasteiger partial charge in [-0.15, -0.1) is 0 Å². The number of benzene rings is 2. The van der Waals surface area contributed by atoms with Crippen molar-refractivity contribution in [2.24, 2.45) is 0 Å². The molecule has 0 atom stereocenters. The lowest BCUT2D eigenvalue weighted by molar-refractivity contribution is 0.403. The smallest absolute Gasteiger partial charge is 0.157 e. The van der Waals surface area contributed by atoms with Crippen LogP contribution in [0.2, 0.25) is 0 Å². The maximum absolute atomic E-state index is 13.5. The van der Waals surface area contributed by atoms with Gasteiger partial charge in [-0.3, -0.25) is 0 Å². The van der Waals surface area contributed by atoms with Crippen LogP contribution in [0.5, 0.6) is 11.5 Å². The van der Waals surface area contributed by atoms with Crippen LogP contribution in [0, 0.1) is 5.82 Å². The summed E-state index contributed by atoms with van der Waals surface area (Å²) in [5.41, 5.74) is 1.12. The SMILES string of the molecule is Oc1ccc(CNc2ccc(Br)cc2F)cc1O. The maximum Gasteiger partial charge on any atom is 0.157 e. The molecular formula is C13H11BrFNO2. The average molecular weight is 312 g/mol. The molecule has 5 heteroatoms. The van der Waals surface area contributed by atoms with E-state index >= 15 is 0 Å². The first-order chi connectivity index (χ1) is 8.56. The molecule has 0 bridgehead atoms. The van der Waals surface area contributed by atoms with Gasteiger partial charge in [0.1, 0.15) is 5.82 Å². The Labute approximate surface area is 112 Å². The zero-order valence-corrected chi connectivity index (χ0v) is 10.9. The Balaban J connectivity index is 2.09. The van der Waals surface area contributed by atoms with Crippen LogP contribution in [-0.2, 0) is 6.54 Å². The van der Waals surface area contributed by atoms with Crippen LogP contribution >= 0.6 is 15.9 Å². The van der Waals surface area contributed by atoms with Crippen molar-refractivity contribution in [1.82, 2.24) is 0 Å². The summed E-state index contributed by atoms with van der Waals surface area (Å²) >= 11 is 3.18. The number of nitrogens with one attached hydrogen (secondary N) is 1. The second kappa shape index (κ2) is 5.27. The molecule has 0 aliphatic heterocycles. The van der Waals surface area contributed by atoms with Gasteiger partial charge in [-0.25, -0.2) is 4.39 Å². The summed E-state index contributed by atoms with van der Waals surface area (Å²) < 4.78 is 14.2. The Bertz CT molecular complexity index is 575. The largest absolute Gasteiger partial charge is 0.504 e. The molecule has 3 nitrogen and oxygen atoms in total. The molecule has 0 saturated heterocycles. The lowest BCUT2D eigenvalue weighted by Gasteiger charge is -2.08. The average Bonchev–Trinajstić information content (AvgIpc) is 2.32. The molecule has 0 spiro atoms. The van der Waals surface area contributed by atoms with Crippen molar-refractivity contribution in [3.63, 3.8) is 0 Å². The summed E-state index contributed by atoms with van der Waals surface area (Å²) in [5, 5.41) is 21.4. The number of aromatic hydroxyl groups is 2. The minimum Gasteiger partial charge on any atom is -0.504 e. The van der Waals surface area contributed by atoms with Crippen molar-refractivity contribution in [2.45, 2.75) is 6.54 Å². The second-order valence-corrected chi connectivity index (χ2v) is 4.72. The molecule has 18 heavy (non-hydrogen) atoms. The van der Waals surface area contributed by atoms with E-state index in [9.17, 15) is 9.50 Å². The normalized spacial score (nSPS) is 10.3. The molecule has 3 N–H and O–H groups in total. The number of hydrogen-bond acceptors (Lipinski definition) is 3. The summed E-state index contributed by atoms with van der Waals surface area (Å²) in [6.45, 7) is 0.354. The van der Waals surface area contributed by atoms with E-state index in [0.29, 0.717) is 16.7 Å². The molecule has 0 radical (unpaired) electrons. The molecule has 0 aliphatic carbocycles. The maximum atomic E-state index is 13.5. The fraction of sp³-hybridized carbons (Fsp3) is 0.0769. The van der Waals surface area contributed by atoms with E-state index in [2.05, 4.69) is 21.2 Å². The number of rotatable bonds is 3. The number of phenols is 2. The van der Waals surface area contributed by atoms with Gasteiger partial charge in [0, 0.05) is 11.0 Å². The van der Waals surface area contributed by atoms with E-state index in [0.717, 1.165) is 5.56 Å². The van der Waals surface area contributed by atoms with Gasteiger partial charge in [0.25, 0.3) is 0 Å². The number of phenolic OH excluding ortho intramolecular Hbond substituents is 2. The van der Waals surface area contributed by atoms with Crippen molar-refractivity contribution in [3.8, 4) is 11.5 Å². The molecule has 2 aromatic carbocycles. The minimum atomic E-state index is -0.354. The molecule has 2 rings (SSSR count). The molecule has 0 amide bonds. The van der Waals surface area contributed by atoms with Gasteiger partial charge in [-0.2, -0.15) is 0 Å². The highest BCUT2D eigenvalue weighted by atomic mass is 79.9. The quantitative estimate of drug-likeness (QED) is 0.759. The van der Waals surface area contributed by atoms with Gasteiger partial charge in [0.05, 0.1) is 5.69 Å². The zero-order valence-electron chi connectivity index (χ0n) is 9.32. The topological polar surface area (TPSA) is 52.5 Å². The monoisotopic (exact) mass is 311 g/mol. The zero-order chi connectivity index (χ0) is 13.1. The van der Waals surface area contributed by atoms with E-state index in [1.165, 1.54) is 18.2 Å². The predicted molar refractivity (Wildman–Crippen MR) is 71.2 cm³/mol. The van der Waals surface area contributed by atoms with Crippen molar-refractivity contribution in [3.05, 3.63) is 52.3 Å². The number of halogens is 2. The van der Waals surface area contributed by atoms with Crippen molar-refractivity contribution >= 4 is 21.6 Å². The van der Waals surface area contributed by atoms with Crippen LogP contribution < -0.4 is 5.32 Å². The fourth-order valence-corrected chi connectivity index (χ4v) is 1.84. The summed E-state index contributed by atoms with van der Waals surface area (Å²) in [5.74, 6) is -0.716. The van der Waals surface area contributed by atoms with Crippen LogP contribution in [0.1, 0.15) is 5.56 Å². The molecule has 0 heterocycles. The summed E-state index contributed by atoms with van der Waals surface area (Å²) in [6, 6.07) is 9.21. The van der Waals surface area contributed by atoms with Crippen LogP contribution in [0.25, 0.3) is 0 Å². The first-order valence-corrected chi connectivity index (χ1v) is 6.05. The molecule has 0 aromatic heterocycles. The van der Waals surface area contributed by atoms with E-state index in [-0.39, 0.29) is 17.3 Å². The van der Waals surface area contributed by atoms with Crippen LogP contribution in [-0.4, -0.2) is 10.2 Å². The standard InChI is InChI=1S/C13H11BrFNO2/c14-9-2-3-11(10(15)6-9)16-7-8-1-4-12(17)13(18)5-8/h1-6,16-18H,7H2. The molecule has 0 fully saturated rings. The highest BCUT2D eigenvalue weighted by molar-refractivity contribution is 9.10. The molecule has 0 unspecified atom stereocenters. The van der Waals surface area contributed by atoms with E-state index in [1.807, 2.05) is 0 Å². The van der Waals surface area contributed by atoms with Crippen molar-refractivity contribution < 1.29 is 14.6 Å². The van der Waals surface area contributed by atoms with Crippen LogP contribution in [0.15, 0.2) is 40.9 Å². The Hall–Kier alpha value is -1.75. The van der Waals surface area contributed by atoms with Gasteiger partial charge in [0.15, 0.2) is 11.5 Å². The van der Waals surface area contributed by atoms with Gasteiger partial charge in [-0.1, -0.05) is 22.0 Å². The Morgan fingerprint density at radius 1 is 1.06 bits per heavy atom. The van der Waals surface area contributed by atoms with E-state index < -0.39 is 0 Å². The third-order valence-corrected chi connectivity index (χ3v) is 2.95. The molecule has 0 aliphatic rings. The summed E-state index contributed by atoms with van der Waals surface area (Å²) in [6.07, 6.45) is 0. The minimum absolute atomic E-state index is 0.173. The Morgan fingerprint density at radius 2 is 1.83 bits per heavy atom. The Kier molecular flexibility index (Phi) is 3.72. The third kappa shape index (κ3) is 2.92. The van der Waals surface area contributed by atoms with Crippen LogP contribution in [0.4, 0.5) is 10.1 Å². The van der Waals surface area contributed by atoms with Crippen molar-refractivity contribution in [2.75, 3.05) is 5.32 Å². The lowest BCUT2D eigenvalue weighted by atomic mass is 10.2. The highest BCUT2D eigenvalue weighted by Gasteiger charge is 2.04. The molecule has 94 valence electrons. The molecule has 2 aromatic rings. The van der Waals surface area contributed by atoms with Crippen LogP contribution in [0.3, 0.4) is 0 Å². The third-order valence-electron chi connectivity index (χ3n) is 2.45. The van der Waals surface area contributed by atoms with E-state index in [1.54, 1.807) is 18.2 Å². The Morgan fingerprint density at radius 3 is 2.50 bits per heavy atom. The van der Waals surface area contributed by atoms with Gasteiger partial charge in [0.2, 0.25) is 0 Å². The summed E-state index contributed by atoms with van der Waals surface area (Å²) in [7, 11) is 0. The van der Waals surface area contributed by atoms with Gasteiger partial charge < -0.3 is 15.5 Å². The van der Waals surface area contributed by atoms with Gasteiger partial charge in [-0.05, 0) is 35.9 Å². The fourth-order valence-electron chi connectivity index (χ4n) is 1.51. The lowest BCUT2D eigenvalue weighted by Crippen LogP contribution is -2.01. The second-order valence-electron chi connectivity index (χ2n) is 3.80. The summed E-state index contributed by atoms with van der Waals surface area (Å²) in [4.78, 5) is 0.